The number of hydrogen-bond donors (Lipinski definition) is 1. The van der Waals surface area contributed by atoms with Crippen molar-refractivity contribution in [1.29, 1.82) is 0 Å². The molecule has 1 N–H and O–H groups in total. The molecule has 1 unspecified atom stereocenters. The predicted molar refractivity (Wildman–Crippen MR) is 86.2 cm³/mol. The quantitative estimate of drug-likeness (QED) is 0.752. The number of rotatable bonds is 9. The molecule has 0 aliphatic rings. The van der Waals surface area contributed by atoms with E-state index in [1.54, 1.807) is 7.11 Å². The van der Waals surface area contributed by atoms with Crippen molar-refractivity contribution in [3.63, 3.8) is 0 Å². The van der Waals surface area contributed by atoms with Crippen molar-refractivity contribution >= 4 is 0 Å². The van der Waals surface area contributed by atoms with Gasteiger partial charge in [0.25, 0.3) is 0 Å². The minimum atomic E-state index is 0.547. The van der Waals surface area contributed by atoms with Crippen molar-refractivity contribution in [1.82, 2.24) is 10.2 Å². The van der Waals surface area contributed by atoms with Crippen molar-refractivity contribution < 1.29 is 4.74 Å². The van der Waals surface area contributed by atoms with E-state index in [-0.39, 0.29) is 0 Å². The molecule has 20 heavy (non-hydrogen) atoms. The summed E-state index contributed by atoms with van der Waals surface area (Å²) in [6.07, 6.45) is 0. The fourth-order valence-electron chi connectivity index (χ4n) is 2.12. The maximum atomic E-state index is 5.10. The van der Waals surface area contributed by atoms with Gasteiger partial charge in [0.2, 0.25) is 0 Å². The normalized spacial score (nSPS) is 13.2. The van der Waals surface area contributed by atoms with E-state index < -0.39 is 0 Å². The number of methoxy groups -OCH3 is 1. The lowest BCUT2D eigenvalue weighted by atomic mass is 9.99. The zero-order valence-electron chi connectivity index (χ0n) is 13.6. The summed E-state index contributed by atoms with van der Waals surface area (Å²) in [5.74, 6) is 0.553. The van der Waals surface area contributed by atoms with Gasteiger partial charge in [-0.1, -0.05) is 45.0 Å². The lowest BCUT2D eigenvalue weighted by molar-refractivity contribution is 0.158. The van der Waals surface area contributed by atoms with Crippen LogP contribution in [0.15, 0.2) is 24.3 Å². The molecule has 1 atom stereocenters. The first-order valence-electron chi connectivity index (χ1n) is 7.52. The van der Waals surface area contributed by atoms with Crippen LogP contribution in [0.3, 0.4) is 0 Å². The molecule has 0 aliphatic carbocycles. The van der Waals surface area contributed by atoms with Crippen molar-refractivity contribution in [2.75, 3.05) is 33.9 Å². The topological polar surface area (TPSA) is 24.5 Å². The summed E-state index contributed by atoms with van der Waals surface area (Å²) in [4.78, 5) is 2.28. The molecule has 1 aromatic rings. The molecule has 0 spiro atoms. The lowest BCUT2D eigenvalue weighted by Crippen LogP contribution is -2.27. The lowest BCUT2D eigenvalue weighted by Gasteiger charge is -2.18. The third-order valence-corrected chi connectivity index (χ3v) is 3.51. The van der Waals surface area contributed by atoms with Crippen molar-refractivity contribution in [3.8, 4) is 0 Å². The van der Waals surface area contributed by atoms with Gasteiger partial charge in [0.1, 0.15) is 0 Å². The van der Waals surface area contributed by atoms with E-state index in [1.165, 1.54) is 11.1 Å². The first kappa shape index (κ1) is 17.2. The highest BCUT2D eigenvalue weighted by Gasteiger charge is 2.06. The summed E-state index contributed by atoms with van der Waals surface area (Å²) in [5, 5.41) is 3.49. The van der Waals surface area contributed by atoms with Gasteiger partial charge in [-0.25, -0.2) is 0 Å². The molecule has 0 heterocycles. The van der Waals surface area contributed by atoms with E-state index in [2.05, 4.69) is 62.3 Å². The van der Waals surface area contributed by atoms with Gasteiger partial charge in [0.05, 0.1) is 6.61 Å². The van der Waals surface area contributed by atoms with E-state index >= 15 is 0 Å². The molecular weight excluding hydrogens is 248 g/mol. The van der Waals surface area contributed by atoms with E-state index in [4.69, 9.17) is 4.74 Å². The Hall–Kier alpha value is -0.900. The minimum Gasteiger partial charge on any atom is -0.383 e. The Balaban J connectivity index is 2.47. The average Bonchev–Trinajstić information content (AvgIpc) is 2.43. The molecule has 0 saturated carbocycles. The number of likely N-dealkylation sites (N-methyl/N-ethyl adjacent to an activating group) is 1. The molecule has 114 valence electrons. The zero-order chi connectivity index (χ0) is 15.0. The Labute approximate surface area is 124 Å². The first-order chi connectivity index (χ1) is 9.52. The summed E-state index contributed by atoms with van der Waals surface area (Å²) >= 11 is 0. The van der Waals surface area contributed by atoms with Gasteiger partial charge >= 0.3 is 0 Å². The standard InChI is InChI=1S/C17H30N2O/c1-14(2)18-12-15(3)17-8-6-16(7-9-17)13-19(4)10-11-20-5/h6-9,14-15,18H,10-13H2,1-5H3. The molecule has 0 radical (unpaired) electrons. The molecule has 0 aromatic heterocycles. The van der Waals surface area contributed by atoms with Crippen LogP contribution >= 0.6 is 0 Å². The predicted octanol–water partition coefficient (Wildman–Crippen LogP) is 2.87. The molecule has 3 heteroatoms. The Kier molecular flexibility index (Phi) is 7.82. The van der Waals surface area contributed by atoms with Gasteiger partial charge < -0.3 is 10.1 Å². The molecular formula is C17H30N2O. The Morgan fingerprint density at radius 3 is 2.35 bits per heavy atom. The average molecular weight is 278 g/mol. The van der Waals surface area contributed by atoms with Gasteiger partial charge in [-0.3, -0.25) is 4.90 Å². The highest BCUT2D eigenvalue weighted by molar-refractivity contribution is 5.25. The SMILES string of the molecule is COCCN(C)Cc1ccc(C(C)CNC(C)C)cc1. The number of benzene rings is 1. The number of nitrogens with one attached hydrogen (secondary N) is 1. The number of hydrogen-bond acceptors (Lipinski definition) is 3. The van der Waals surface area contributed by atoms with Crippen molar-refractivity contribution in [3.05, 3.63) is 35.4 Å². The fraction of sp³-hybridized carbons (Fsp3) is 0.647. The molecule has 0 saturated heterocycles. The third-order valence-electron chi connectivity index (χ3n) is 3.51. The number of ether oxygens (including phenoxy) is 1. The second-order valence-corrected chi connectivity index (χ2v) is 5.94. The summed E-state index contributed by atoms with van der Waals surface area (Å²) in [6, 6.07) is 9.54. The molecule has 1 rings (SSSR count). The Morgan fingerprint density at radius 1 is 1.15 bits per heavy atom. The van der Waals surface area contributed by atoms with Crippen LogP contribution in [0.1, 0.15) is 37.8 Å². The second-order valence-electron chi connectivity index (χ2n) is 5.94. The van der Waals surface area contributed by atoms with Crippen LogP contribution < -0.4 is 5.32 Å². The van der Waals surface area contributed by atoms with Gasteiger partial charge in [0, 0.05) is 32.8 Å². The Bertz CT molecular complexity index is 362. The third kappa shape index (κ3) is 6.51. The highest BCUT2D eigenvalue weighted by atomic mass is 16.5. The van der Waals surface area contributed by atoms with E-state index in [0.29, 0.717) is 12.0 Å². The van der Waals surface area contributed by atoms with Crippen LogP contribution in [0.5, 0.6) is 0 Å². The maximum Gasteiger partial charge on any atom is 0.0589 e. The van der Waals surface area contributed by atoms with Crippen molar-refractivity contribution in [2.45, 2.75) is 39.3 Å². The summed E-state index contributed by atoms with van der Waals surface area (Å²) in [7, 11) is 3.87. The van der Waals surface area contributed by atoms with Crippen LogP contribution in [-0.2, 0) is 11.3 Å². The van der Waals surface area contributed by atoms with Crippen LogP contribution in [0.25, 0.3) is 0 Å². The molecule has 3 nitrogen and oxygen atoms in total. The monoisotopic (exact) mass is 278 g/mol. The molecule has 0 bridgehead atoms. The minimum absolute atomic E-state index is 0.547. The smallest absolute Gasteiger partial charge is 0.0589 e. The van der Waals surface area contributed by atoms with E-state index in [0.717, 1.165) is 26.2 Å². The van der Waals surface area contributed by atoms with Crippen LogP contribution in [0, 0.1) is 0 Å². The summed E-state index contributed by atoms with van der Waals surface area (Å²) in [5.41, 5.74) is 2.76. The van der Waals surface area contributed by atoms with Gasteiger partial charge in [0.15, 0.2) is 0 Å². The van der Waals surface area contributed by atoms with Gasteiger partial charge in [-0.15, -0.1) is 0 Å². The largest absolute Gasteiger partial charge is 0.383 e. The van der Waals surface area contributed by atoms with Gasteiger partial charge in [-0.05, 0) is 24.1 Å². The number of nitrogens with zero attached hydrogens (tertiary/aromatic N) is 1. The van der Waals surface area contributed by atoms with Crippen LogP contribution in [-0.4, -0.2) is 44.8 Å². The highest BCUT2D eigenvalue weighted by Crippen LogP contribution is 2.16. The zero-order valence-corrected chi connectivity index (χ0v) is 13.6. The molecule has 0 amide bonds. The maximum absolute atomic E-state index is 5.10. The van der Waals surface area contributed by atoms with Crippen LogP contribution in [0.2, 0.25) is 0 Å². The molecule has 1 aromatic carbocycles. The first-order valence-corrected chi connectivity index (χ1v) is 7.52. The summed E-state index contributed by atoms with van der Waals surface area (Å²) in [6.45, 7) is 10.4. The molecule has 0 aliphatic heterocycles. The fourth-order valence-corrected chi connectivity index (χ4v) is 2.12. The molecule has 0 fully saturated rings. The van der Waals surface area contributed by atoms with Crippen molar-refractivity contribution in [2.24, 2.45) is 0 Å². The van der Waals surface area contributed by atoms with E-state index in [9.17, 15) is 0 Å². The Morgan fingerprint density at radius 2 is 1.80 bits per heavy atom. The van der Waals surface area contributed by atoms with Gasteiger partial charge in [-0.2, -0.15) is 0 Å². The summed E-state index contributed by atoms with van der Waals surface area (Å²) < 4.78 is 5.10. The van der Waals surface area contributed by atoms with E-state index in [1.807, 2.05) is 0 Å². The second kappa shape index (κ2) is 9.11. The van der Waals surface area contributed by atoms with Crippen LogP contribution in [0.4, 0.5) is 0 Å².